The summed E-state index contributed by atoms with van der Waals surface area (Å²) in [7, 11) is -1.55. The average Bonchev–Trinajstić information content (AvgIpc) is 3.05. The topological polar surface area (TPSA) is 71.9 Å². The van der Waals surface area contributed by atoms with Gasteiger partial charge in [0.05, 0.1) is 24.2 Å². The van der Waals surface area contributed by atoms with Gasteiger partial charge >= 0.3 is 0 Å². The number of amides is 1. The van der Waals surface area contributed by atoms with E-state index in [4.69, 9.17) is 4.74 Å². The van der Waals surface area contributed by atoms with E-state index < -0.39 is 10.0 Å². The van der Waals surface area contributed by atoms with Crippen LogP contribution in [0.15, 0.2) is 47.5 Å². The first-order chi connectivity index (χ1) is 14.5. The number of hydrogen-bond donors (Lipinski definition) is 0. The lowest BCUT2D eigenvalue weighted by Gasteiger charge is -2.31. The van der Waals surface area contributed by atoms with Crippen LogP contribution in [0.2, 0.25) is 0 Å². The Kier molecular flexibility index (Phi) is 6.26. The molecule has 2 aliphatic heterocycles. The van der Waals surface area contributed by atoms with Gasteiger partial charge in [-0.2, -0.15) is 4.31 Å². The molecule has 0 aliphatic carbocycles. The van der Waals surface area contributed by atoms with Crippen molar-refractivity contribution in [1.82, 2.24) is 13.8 Å². The molecule has 0 radical (unpaired) electrons. The van der Waals surface area contributed by atoms with Crippen LogP contribution < -0.4 is 0 Å². The van der Waals surface area contributed by atoms with Crippen LogP contribution in [-0.4, -0.2) is 60.9 Å². The molecule has 0 bridgehead atoms. The van der Waals surface area contributed by atoms with E-state index in [1.807, 2.05) is 24.2 Å². The molecular weight excluding hydrogens is 402 g/mol. The number of ether oxygens (including phenoxy) is 1. The molecule has 0 unspecified atom stereocenters. The molecule has 2 saturated heterocycles. The lowest BCUT2D eigenvalue weighted by atomic mass is 10.1. The van der Waals surface area contributed by atoms with Crippen LogP contribution in [0.4, 0.5) is 0 Å². The Morgan fingerprint density at radius 1 is 1.00 bits per heavy atom. The first kappa shape index (κ1) is 21.1. The van der Waals surface area contributed by atoms with E-state index in [1.54, 1.807) is 24.3 Å². The second-order valence-corrected chi connectivity index (χ2v) is 9.89. The zero-order valence-corrected chi connectivity index (χ0v) is 18.2. The SMILES string of the molecule is Cn1cccc1[C@@H]1CCCCCN1C(=O)c1ccc(S(=O)(=O)N2CCOCC2)cc1. The summed E-state index contributed by atoms with van der Waals surface area (Å²) in [4.78, 5) is 15.5. The van der Waals surface area contributed by atoms with Crippen LogP contribution in [0, 0.1) is 0 Å². The van der Waals surface area contributed by atoms with Crippen molar-refractivity contribution in [2.24, 2.45) is 7.05 Å². The highest BCUT2D eigenvalue weighted by molar-refractivity contribution is 7.89. The van der Waals surface area contributed by atoms with E-state index in [0.717, 1.165) is 31.4 Å². The van der Waals surface area contributed by atoms with Crippen molar-refractivity contribution < 1.29 is 17.9 Å². The second-order valence-electron chi connectivity index (χ2n) is 7.95. The Morgan fingerprint density at radius 3 is 2.40 bits per heavy atom. The summed E-state index contributed by atoms with van der Waals surface area (Å²) in [5, 5.41) is 0. The largest absolute Gasteiger partial charge is 0.379 e. The maximum atomic E-state index is 13.4. The molecule has 4 rings (SSSR count). The molecule has 8 heteroatoms. The van der Waals surface area contributed by atoms with Crippen molar-refractivity contribution in [1.29, 1.82) is 0 Å². The summed E-state index contributed by atoms with van der Waals surface area (Å²) < 4.78 is 34.4. The Labute approximate surface area is 178 Å². The summed E-state index contributed by atoms with van der Waals surface area (Å²) in [5.41, 5.74) is 1.66. The van der Waals surface area contributed by atoms with E-state index in [0.29, 0.717) is 38.4 Å². The normalized spacial score (nSPS) is 21.4. The molecule has 7 nitrogen and oxygen atoms in total. The molecule has 1 aromatic carbocycles. The van der Waals surface area contributed by atoms with Crippen molar-refractivity contribution in [3.63, 3.8) is 0 Å². The van der Waals surface area contributed by atoms with Gasteiger partial charge in [-0.05, 0) is 49.2 Å². The number of nitrogens with zero attached hydrogens (tertiary/aromatic N) is 3. The third kappa shape index (κ3) is 4.17. The maximum Gasteiger partial charge on any atom is 0.254 e. The van der Waals surface area contributed by atoms with Crippen molar-refractivity contribution in [2.75, 3.05) is 32.8 Å². The van der Waals surface area contributed by atoms with Gasteiger partial charge in [0.15, 0.2) is 0 Å². The highest BCUT2D eigenvalue weighted by atomic mass is 32.2. The van der Waals surface area contributed by atoms with Crippen molar-refractivity contribution in [2.45, 2.75) is 36.6 Å². The maximum absolute atomic E-state index is 13.4. The zero-order chi connectivity index (χ0) is 21.1. The van der Waals surface area contributed by atoms with Crippen LogP contribution in [0.5, 0.6) is 0 Å². The summed E-state index contributed by atoms with van der Waals surface area (Å²) in [6.07, 6.45) is 6.13. The molecule has 30 heavy (non-hydrogen) atoms. The zero-order valence-electron chi connectivity index (χ0n) is 17.4. The molecular formula is C22H29N3O4S. The fourth-order valence-electron chi connectivity index (χ4n) is 4.35. The fourth-order valence-corrected chi connectivity index (χ4v) is 5.76. The fraction of sp³-hybridized carbons (Fsp3) is 0.500. The number of aromatic nitrogens is 1. The smallest absolute Gasteiger partial charge is 0.254 e. The van der Waals surface area contributed by atoms with Crippen molar-refractivity contribution in [3.05, 3.63) is 53.9 Å². The summed E-state index contributed by atoms with van der Waals surface area (Å²) >= 11 is 0. The van der Waals surface area contributed by atoms with Gasteiger partial charge in [0.25, 0.3) is 5.91 Å². The third-order valence-electron chi connectivity index (χ3n) is 6.05. The lowest BCUT2D eigenvalue weighted by molar-refractivity contribution is 0.0674. The van der Waals surface area contributed by atoms with E-state index in [1.165, 1.54) is 4.31 Å². The number of likely N-dealkylation sites (tertiary alicyclic amines) is 1. The molecule has 0 saturated carbocycles. The van der Waals surface area contributed by atoms with Crippen LogP contribution in [0.3, 0.4) is 0 Å². The number of sulfonamides is 1. The van der Waals surface area contributed by atoms with E-state index >= 15 is 0 Å². The Balaban J connectivity index is 1.57. The Hall–Kier alpha value is -2.16. The predicted molar refractivity (Wildman–Crippen MR) is 114 cm³/mol. The summed E-state index contributed by atoms with van der Waals surface area (Å²) in [6.45, 7) is 2.24. The number of aryl methyl sites for hydroxylation is 1. The molecule has 2 aromatic rings. The number of carbonyl (C=O) groups excluding carboxylic acids is 1. The standard InChI is InChI=1S/C22H29N3O4S/c1-23-12-5-7-20(23)21-6-3-2-4-13-25(21)22(26)18-8-10-19(11-9-18)30(27,28)24-14-16-29-17-15-24/h5,7-12,21H,2-4,6,13-17H2,1H3/t21-/m0/s1. The van der Waals surface area contributed by atoms with Gasteiger partial charge in [0.2, 0.25) is 10.0 Å². The first-order valence-corrected chi connectivity index (χ1v) is 12.0. The molecule has 1 atom stereocenters. The van der Waals surface area contributed by atoms with Crippen molar-refractivity contribution in [3.8, 4) is 0 Å². The molecule has 162 valence electrons. The van der Waals surface area contributed by atoms with Gasteiger partial charge in [-0.15, -0.1) is 0 Å². The molecule has 1 amide bonds. The Bertz CT molecular complexity index is 978. The number of rotatable bonds is 4. The number of benzene rings is 1. The Morgan fingerprint density at radius 2 is 1.73 bits per heavy atom. The first-order valence-electron chi connectivity index (χ1n) is 10.6. The van der Waals surface area contributed by atoms with Crippen LogP contribution in [-0.2, 0) is 21.8 Å². The van der Waals surface area contributed by atoms with Gasteiger partial charge in [0, 0.05) is 44.1 Å². The molecule has 2 fully saturated rings. The molecule has 1 aromatic heterocycles. The second kappa shape index (κ2) is 8.91. The lowest BCUT2D eigenvalue weighted by Crippen LogP contribution is -2.40. The van der Waals surface area contributed by atoms with Gasteiger partial charge in [-0.25, -0.2) is 8.42 Å². The highest BCUT2D eigenvalue weighted by Crippen LogP contribution is 2.31. The molecule has 3 heterocycles. The van der Waals surface area contributed by atoms with E-state index in [-0.39, 0.29) is 16.8 Å². The van der Waals surface area contributed by atoms with Crippen LogP contribution in [0.25, 0.3) is 0 Å². The van der Waals surface area contributed by atoms with Crippen LogP contribution in [0.1, 0.15) is 47.8 Å². The molecule has 0 N–H and O–H groups in total. The van der Waals surface area contributed by atoms with Crippen LogP contribution >= 0.6 is 0 Å². The molecule has 0 spiro atoms. The van der Waals surface area contributed by atoms with E-state index in [2.05, 4.69) is 10.6 Å². The van der Waals surface area contributed by atoms with Gasteiger partial charge in [0.1, 0.15) is 0 Å². The minimum Gasteiger partial charge on any atom is -0.379 e. The minimum atomic E-state index is -3.56. The summed E-state index contributed by atoms with van der Waals surface area (Å²) in [6, 6.07) is 10.5. The monoisotopic (exact) mass is 431 g/mol. The quantitative estimate of drug-likeness (QED) is 0.746. The van der Waals surface area contributed by atoms with Gasteiger partial charge in [-0.3, -0.25) is 4.79 Å². The van der Waals surface area contributed by atoms with Crippen molar-refractivity contribution >= 4 is 15.9 Å². The number of morpholine rings is 1. The average molecular weight is 432 g/mol. The minimum absolute atomic E-state index is 0.0387. The third-order valence-corrected chi connectivity index (χ3v) is 7.96. The number of carbonyl (C=O) groups is 1. The predicted octanol–water partition coefficient (Wildman–Crippen LogP) is 2.80. The number of hydrogen-bond acceptors (Lipinski definition) is 4. The summed E-state index contributed by atoms with van der Waals surface area (Å²) in [5.74, 6) is -0.0431. The molecule has 2 aliphatic rings. The van der Waals surface area contributed by atoms with Gasteiger partial charge < -0.3 is 14.2 Å². The van der Waals surface area contributed by atoms with Gasteiger partial charge in [-0.1, -0.05) is 12.8 Å². The highest BCUT2D eigenvalue weighted by Gasteiger charge is 2.30. The van der Waals surface area contributed by atoms with E-state index in [9.17, 15) is 13.2 Å².